The second-order valence-electron chi connectivity index (χ2n) is 2.83. The van der Waals surface area contributed by atoms with Crippen molar-refractivity contribution >= 4 is 23.1 Å². The first-order valence-electron chi connectivity index (χ1n) is 4.18. The molecule has 2 nitrogen and oxygen atoms in total. The van der Waals surface area contributed by atoms with Crippen LogP contribution in [0.15, 0.2) is 17.5 Å². The van der Waals surface area contributed by atoms with E-state index in [4.69, 9.17) is 10.2 Å². The van der Waals surface area contributed by atoms with Crippen LogP contribution in [-0.4, -0.2) is 28.7 Å². The molecule has 0 fully saturated rings. The van der Waals surface area contributed by atoms with Gasteiger partial charge in [0.25, 0.3) is 0 Å². The zero-order valence-corrected chi connectivity index (χ0v) is 9.14. The van der Waals surface area contributed by atoms with Crippen molar-refractivity contribution in [3.63, 3.8) is 0 Å². The molecule has 13 heavy (non-hydrogen) atoms. The number of rotatable bonds is 5. The van der Waals surface area contributed by atoms with Crippen LogP contribution in [0.25, 0.3) is 0 Å². The molecule has 4 heteroatoms. The van der Waals surface area contributed by atoms with E-state index in [-0.39, 0.29) is 6.61 Å². The van der Waals surface area contributed by atoms with Crippen molar-refractivity contribution in [1.82, 2.24) is 0 Å². The fourth-order valence-corrected chi connectivity index (χ4v) is 2.81. The van der Waals surface area contributed by atoms with Crippen molar-refractivity contribution in [3.05, 3.63) is 22.4 Å². The quantitative estimate of drug-likeness (QED) is 0.793. The predicted molar refractivity (Wildman–Crippen MR) is 58.3 cm³/mol. The zero-order chi connectivity index (χ0) is 9.68. The Kier molecular flexibility index (Phi) is 4.80. The summed E-state index contributed by atoms with van der Waals surface area (Å²) in [4.78, 5) is 1.31. The smallest absolute Gasteiger partial charge is 0.0861 e. The van der Waals surface area contributed by atoms with E-state index < -0.39 is 6.10 Å². The standard InChI is InChI=1S/C9H14O2S2/c1-7(9-3-2-4-12-9)13-6-8(11)5-10/h2-4,7-8,10-11H,5-6H2,1H3/t7-,8+/m0/s1. The SMILES string of the molecule is C[C@H](SC[C@H](O)CO)c1cccs1. The number of hydrogen-bond acceptors (Lipinski definition) is 4. The molecule has 0 aliphatic rings. The summed E-state index contributed by atoms with van der Waals surface area (Å²) in [5, 5.41) is 20.2. The largest absolute Gasteiger partial charge is 0.394 e. The molecule has 0 bridgehead atoms. The van der Waals surface area contributed by atoms with Crippen LogP contribution in [0, 0.1) is 0 Å². The van der Waals surface area contributed by atoms with E-state index in [0.717, 1.165) is 0 Å². The molecule has 1 aromatic heterocycles. The van der Waals surface area contributed by atoms with Gasteiger partial charge in [0.1, 0.15) is 0 Å². The molecule has 1 rings (SSSR count). The second-order valence-corrected chi connectivity index (χ2v) is 5.18. The summed E-state index contributed by atoms with van der Waals surface area (Å²) in [6.45, 7) is 1.96. The van der Waals surface area contributed by atoms with Gasteiger partial charge in [-0.25, -0.2) is 0 Å². The van der Waals surface area contributed by atoms with E-state index in [1.54, 1.807) is 23.1 Å². The number of thioether (sulfide) groups is 1. The topological polar surface area (TPSA) is 40.5 Å². The molecule has 0 spiro atoms. The molecule has 0 saturated carbocycles. The van der Waals surface area contributed by atoms with Crippen LogP contribution in [-0.2, 0) is 0 Å². The highest BCUT2D eigenvalue weighted by molar-refractivity contribution is 7.99. The highest BCUT2D eigenvalue weighted by atomic mass is 32.2. The van der Waals surface area contributed by atoms with Gasteiger partial charge in [-0.15, -0.1) is 11.3 Å². The predicted octanol–water partition coefficient (Wildman–Crippen LogP) is 1.90. The highest BCUT2D eigenvalue weighted by Crippen LogP contribution is 2.31. The van der Waals surface area contributed by atoms with Crippen LogP contribution in [0.4, 0.5) is 0 Å². The van der Waals surface area contributed by atoms with E-state index in [9.17, 15) is 0 Å². The first-order chi connectivity index (χ1) is 6.24. The van der Waals surface area contributed by atoms with E-state index >= 15 is 0 Å². The lowest BCUT2D eigenvalue weighted by Gasteiger charge is -2.11. The van der Waals surface area contributed by atoms with Crippen LogP contribution >= 0.6 is 23.1 Å². The normalized spacial score (nSPS) is 15.6. The molecule has 0 aliphatic carbocycles. The average Bonchev–Trinajstić information content (AvgIpc) is 2.66. The summed E-state index contributed by atoms with van der Waals surface area (Å²) in [6, 6.07) is 4.12. The molecule has 2 N–H and O–H groups in total. The van der Waals surface area contributed by atoms with Crippen LogP contribution in [0.5, 0.6) is 0 Å². The van der Waals surface area contributed by atoms with Gasteiger partial charge in [-0.3, -0.25) is 0 Å². The van der Waals surface area contributed by atoms with Crippen molar-refractivity contribution in [2.75, 3.05) is 12.4 Å². The van der Waals surface area contributed by atoms with Crippen LogP contribution in [0.3, 0.4) is 0 Å². The Hall–Kier alpha value is -0.0300. The molecule has 1 aromatic rings. The third-order valence-electron chi connectivity index (χ3n) is 1.69. The molecule has 0 unspecified atom stereocenters. The minimum atomic E-state index is -0.590. The number of aliphatic hydroxyl groups excluding tert-OH is 2. The Morgan fingerprint density at radius 2 is 2.38 bits per heavy atom. The minimum absolute atomic E-state index is 0.149. The van der Waals surface area contributed by atoms with E-state index in [2.05, 4.69) is 18.4 Å². The highest BCUT2D eigenvalue weighted by Gasteiger charge is 2.09. The first-order valence-corrected chi connectivity index (χ1v) is 6.10. The van der Waals surface area contributed by atoms with Gasteiger partial charge in [0.2, 0.25) is 0 Å². The Labute approximate surface area is 86.6 Å². The van der Waals surface area contributed by atoms with Gasteiger partial charge in [0.05, 0.1) is 12.7 Å². The number of hydrogen-bond donors (Lipinski definition) is 2. The maximum Gasteiger partial charge on any atom is 0.0861 e. The zero-order valence-electron chi connectivity index (χ0n) is 7.51. The van der Waals surface area contributed by atoms with Gasteiger partial charge in [-0.2, -0.15) is 11.8 Å². The maximum atomic E-state index is 9.14. The maximum absolute atomic E-state index is 9.14. The first kappa shape index (κ1) is 11.0. The van der Waals surface area contributed by atoms with Gasteiger partial charge in [0, 0.05) is 15.9 Å². The van der Waals surface area contributed by atoms with Gasteiger partial charge >= 0.3 is 0 Å². The molecular weight excluding hydrogens is 204 g/mol. The minimum Gasteiger partial charge on any atom is -0.394 e. The Balaban J connectivity index is 2.30. The molecule has 0 saturated heterocycles. The summed E-state index contributed by atoms with van der Waals surface area (Å²) >= 11 is 3.39. The van der Waals surface area contributed by atoms with E-state index in [1.165, 1.54) is 4.88 Å². The summed E-state index contributed by atoms with van der Waals surface area (Å²) in [6.07, 6.45) is -0.590. The average molecular weight is 218 g/mol. The van der Waals surface area contributed by atoms with E-state index in [0.29, 0.717) is 11.0 Å². The van der Waals surface area contributed by atoms with Crippen LogP contribution in [0.1, 0.15) is 17.1 Å². The lowest BCUT2D eigenvalue weighted by atomic mass is 10.4. The Bertz CT molecular complexity index is 224. The molecule has 0 aliphatic heterocycles. The van der Waals surface area contributed by atoms with Gasteiger partial charge in [-0.05, 0) is 18.4 Å². The summed E-state index contributed by atoms with van der Waals surface area (Å²) in [5.41, 5.74) is 0. The van der Waals surface area contributed by atoms with E-state index in [1.807, 2.05) is 6.07 Å². The molecule has 0 radical (unpaired) electrons. The van der Waals surface area contributed by atoms with Gasteiger partial charge in [-0.1, -0.05) is 6.07 Å². The third-order valence-corrected chi connectivity index (χ3v) is 4.23. The second kappa shape index (κ2) is 5.65. The Morgan fingerprint density at radius 3 is 2.92 bits per heavy atom. The van der Waals surface area contributed by atoms with Crippen molar-refractivity contribution in [2.45, 2.75) is 18.3 Å². The summed E-state index contributed by atoms with van der Waals surface area (Å²) in [7, 11) is 0. The molecule has 0 aromatic carbocycles. The lowest BCUT2D eigenvalue weighted by Crippen LogP contribution is -2.15. The number of aliphatic hydroxyl groups is 2. The van der Waals surface area contributed by atoms with Crippen molar-refractivity contribution in [1.29, 1.82) is 0 Å². The molecular formula is C9H14O2S2. The van der Waals surface area contributed by atoms with Gasteiger partial charge < -0.3 is 10.2 Å². The molecule has 1 heterocycles. The summed E-state index contributed by atoms with van der Waals surface area (Å²) < 4.78 is 0. The van der Waals surface area contributed by atoms with Crippen molar-refractivity contribution in [2.24, 2.45) is 0 Å². The molecule has 74 valence electrons. The monoisotopic (exact) mass is 218 g/mol. The lowest BCUT2D eigenvalue weighted by molar-refractivity contribution is 0.113. The van der Waals surface area contributed by atoms with Crippen LogP contribution in [0.2, 0.25) is 0 Å². The number of thiophene rings is 1. The fourth-order valence-electron chi connectivity index (χ4n) is 0.913. The third kappa shape index (κ3) is 3.68. The van der Waals surface area contributed by atoms with Crippen molar-refractivity contribution < 1.29 is 10.2 Å². The Morgan fingerprint density at radius 1 is 1.62 bits per heavy atom. The van der Waals surface area contributed by atoms with Crippen LogP contribution < -0.4 is 0 Å². The fraction of sp³-hybridized carbons (Fsp3) is 0.556. The summed E-state index contributed by atoms with van der Waals surface area (Å²) in [5.74, 6) is 0.593. The van der Waals surface area contributed by atoms with Crippen molar-refractivity contribution in [3.8, 4) is 0 Å². The molecule has 2 atom stereocenters. The molecule has 0 amide bonds. The van der Waals surface area contributed by atoms with Gasteiger partial charge in [0.15, 0.2) is 0 Å².